The predicted octanol–water partition coefficient (Wildman–Crippen LogP) is 2.65. The molecule has 5 nitrogen and oxygen atoms in total. The van der Waals surface area contributed by atoms with E-state index in [0.717, 1.165) is 26.2 Å². The van der Waals surface area contributed by atoms with Crippen molar-refractivity contribution in [2.24, 2.45) is 5.92 Å². The zero-order chi connectivity index (χ0) is 18.1. The number of rotatable bonds is 10. The third-order valence-corrected chi connectivity index (χ3v) is 4.83. The Hall–Kier alpha value is -1.40. The molecule has 24 heavy (non-hydrogen) atoms. The molecule has 2 amide bonds. The van der Waals surface area contributed by atoms with Crippen molar-refractivity contribution in [3.8, 4) is 0 Å². The van der Waals surface area contributed by atoms with Crippen LogP contribution in [0.25, 0.3) is 0 Å². The van der Waals surface area contributed by atoms with Gasteiger partial charge in [0, 0.05) is 26.7 Å². The maximum absolute atomic E-state index is 12.7. The summed E-state index contributed by atoms with van der Waals surface area (Å²) in [6.07, 6.45) is 0. The molecule has 1 rings (SSSR count). The summed E-state index contributed by atoms with van der Waals surface area (Å²) in [6.45, 7) is 12.9. The van der Waals surface area contributed by atoms with Gasteiger partial charge in [0.25, 0.3) is 5.91 Å². The molecule has 0 unspecified atom stereocenters. The maximum Gasteiger partial charge on any atom is 0.264 e. The second-order valence-corrected chi connectivity index (χ2v) is 7.35. The lowest BCUT2D eigenvalue weighted by Crippen LogP contribution is -2.45. The van der Waals surface area contributed by atoms with Crippen molar-refractivity contribution in [3.05, 3.63) is 22.4 Å². The molecule has 1 heterocycles. The van der Waals surface area contributed by atoms with Crippen molar-refractivity contribution in [2.45, 2.75) is 27.7 Å². The molecule has 0 spiro atoms. The van der Waals surface area contributed by atoms with Gasteiger partial charge in [0.15, 0.2) is 0 Å². The average molecular weight is 354 g/mol. The summed E-state index contributed by atoms with van der Waals surface area (Å²) < 4.78 is 0. The first-order valence-corrected chi connectivity index (χ1v) is 9.56. The number of nitrogens with zero attached hydrogens (tertiary/aromatic N) is 3. The molecular weight excluding hydrogens is 322 g/mol. The first-order chi connectivity index (χ1) is 11.4. The zero-order valence-electron chi connectivity index (χ0n) is 15.6. The summed E-state index contributed by atoms with van der Waals surface area (Å²) in [5.74, 6) is 0.332. The summed E-state index contributed by atoms with van der Waals surface area (Å²) in [5, 5.41) is 1.87. The number of hydrogen-bond acceptors (Lipinski definition) is 4. The first kappa shape index (κ1) is 20.6. The molecule has 6 heteroatoms. The molecular formula is C18H31N3O2S. The molecule has 0 aliphatic heterocycles. The quantitative estimate of drug-likeness (QED) is 0.649. The van der Waals surface area contributed by atoms with Crippen molar-refractivity contribution >= 4 is 23.2 Å². The van der Waals surface area contributed by atoms with Crippen LogP contribution in [0.2, 0.25) is 0 Å². The van der Waals surface area contributed by atoms with Crippen LogP contribution in [-0.2, 0) is 4.79 Å². The van der Waals surface area contributed by atoms with E-state index < -0.39 is 0 Å². The van der Waals surface area contributed by atoms with Crippen LogP contribution in [0.5, 0.6) is 0 Å². The van der Waals surface area contributed by atoms with Gasteiger partial charge >= 0.3 is 0 Å². The lowest BCUT2D eigenvalue weighted by atomic mass is 10.2. The van der Waals surface area contributed by atoms with E-state index in [2.05, 4.69) is 32.6 Å². The third kappa shape index (κ3) is 6.61. The van der Waals surface area contributed by atoms with Gasteiger partial charge in [-0.05, 0) is 30.5 Å². The van der Waals surface area contributed by atoms with E-state index in [9.17, 15) is 9.59 Å². The number of likely N-dealkylation sites (N-methyl/N-ethyl adjacent to an activating group) is 2. The van der Waals surface area contributed by atoms with Gasteiger partial charge in [-0.15, -0.1) is 11.3 Å². The molecule has 0 saturated heterocycles. The Morgan fingerprint density at radius 2 is 1.83 bits per heavy atom. The second-order valence-electron chi connectivity index (χ2n) is 6.40. The molecule has 0 N–H and O–H groups in total. The molecule has 0 fully saturated rings. The Morgan fingerprint density at radius 1 is 1.17 bits per heavy atom. The minimum Gasteiger partial charge on any atom is -0.340 e. The third-order valence-electron chi connectivity index (χ3n) is 3.97. The van der Waals surface area contributed by atoms with Gasteiger partial charge < -0.3 is 14.7 Å². The average Bonchev–Trinajstić information content (AvgIpc) is 3.07. The van der Waals surface area contributed by atoms with E-state index >= 15 is 0 Å². The fraction of sp³-hybridized carbons (Fsp3) is 0.667. The van der Waals surface area contributed by atoms with E-state index in [-0.39, 0.29) is 18.4 Å². The number of carbonyl (C=O) groups excluding carboxylic acids is 2. The highest BCUT2D eigenvalue weighted by atomic mass is 32.1. The lowest BCUT2D eigenvalue weighted by Gasteiger charge is -2.29. The Kier molecular flexibility index (Phi) is 9.00. The maximum atomic E-state index is 12.7. The molecule has 0 atom stereocenters. The molecule has 1 aromatic heterocycles. The fourth-order valence-corrected chi connectivity index (χ4v) is 3.24. The number of hydrogen-bond donors (Lipinski definition) is 0. The Bertz CT molecular complexity index is 498. The molecule has 136 valence electrons. The van der Waals surface area contributed by atoms with Gasteiger partial charge in [-0.1, -0.05) is 33.8 Å². The van der Waals surface area contributed by atoms with Crippen LogP contribution in [0.1, 0.15) is 37.4 Å². The standard InChI is InChI=1S/C18H31N3O2S/c1-6-20(7-2)10-11-21(13-15(3)4)17(22)14-19(5)18(23)16-9-8-12-24-16/h8-9,12,15H,6-7,10-11,13-14H2,1-5H3. The Labute approximate surface area is 150 Å². The molecule has 1 aromatic rings. The van der Waals surface area contributed by atoms with Gasteiger partial charge in [-0.2, -0.15) is 0 Å². The van der Waals surface area contributed by atoms with Crippen LogP contribution >= 0.6 is 11.3 Å². The van der Waals surface area contributed by atoms with Crippen LogP contribution < -0.4 is 0 Å². The van der Waals surface area contributed by atoms with Gasteiger partial charge in [0.2, 0.25) is 5.91 Å². The zero-order valence-corrected chi connectivity index (χ0v) is 16.4. The van der Waals surface area contributed by atoms with Crippen molar-refractivity contribution in [1.82, 2.24) is 14.7 Å². The van der Waals surface area contributed by atoms with E-state index in [4.69, 9.17) is 0 Å². The van der Waals surface area contributed by atoms with Gasteiger partial charge in [-0.3, -0.25) is 9.59 Å². The highest BCUT2D eigenvalue weighted by molar-refractivity contribution is 7.12. The SMILES string of the molecule is CCN(CC)CCN(CC(C)C)C(=O)CN(C)C(=O)c1cccs1. The van der Waals surface area contributed by atoms with Gasteiger partial charge in [0.1, 0.15) is 0 Å². The topological polar surface area (TPSA) is 43.9 Å². The lowest BCUT2D eigenvalue weighted by molar-refractivity contribution is -0.132. The van der Waals surface area contributed by atoms with Crippen molar-refractivity contribution in [1.29, 1.82) is 0 Å². The normalized spacial score (nSPS) is 11.1. The highest BCUT2D eigenvalue weighted by Crippen LogP contribution is 2.11. The number of amides is 2. The Balaban J connectivity index is 2.64. The predicted molar refractivity (Wildman–Crippen MR) is 100 cm³/mol. The molecule has 0 aromatic carbocycles. The van der Waals surface area contributed by atoms with Crippen LogP contribution in [0.15, 0.2) is 17.5 Å². The first-order valence-electron chi connectivity index (χ1n) is 8.68. The Morgan fingerprint density at radius 3 is 2.33 bits per heavy atom. The van der Waals surface area contributed by atoms with Crippen LogP contribution in [-0.4, -0.2) is 72.8 Å². The van der Waals surface area contributed by atoms with Crippen molar-refractivity contribution in [2.75, 3.05) is 46.3 Å². The molecule has 0 aliphatic rings. The van der Waals surface area contributed by atoms with Crippen LogP contribution in [0, 0.1) is 5.92 Å². The van der Waals surface area contributed by atoms with E-state index in [1.54, 1.807) is 13.1 Å². The summed E-state index contributed by atoms with van der Waals surface area (Å²) in [7, 11) is 1.69. The van der Waals surface area contributed by atoms with Crippen molar-refractivity contribution in [3.63, 3.8) is 0 Å². The minimum absolute atomic E-state index is 0.0169. The molecule has 0 radical (unpaired) electrons. The summed E-state index contributed by atoms with van der Waals surface area (Å²) in [5.41, 5.74) is 0. The van der Waals surface area contributed by atoms with Crippen LogP contribution in [0.3, 0.4) is 0 Å². The van der Waals surface area contributed by atoms with E-state index in [0.29, 0.717) is 17.3 Å². The minimum atomic E-state index is -0.0911. The number of thiophene rings is 1. The largest absolute Gasteiger partial charge is 0.340 e. The second kappa shape index (κ2) is 10.5. The van der Waals surface area contributed by atoms with E-state index in [1.165, 1.54) is 16.2 Å². The van der Waals surface area contributed by atoms with E-state index in [1.807, 2.05) is 16.3 Å². The summed E-state index contributed by atoms with van der Waals surface area (Å²) in [4.78, 5) is 31.4. The monoisotopic (exact) mass is 353 g/mol. The molecule has 0 aliphatic carbocycles. The van der Waals surface area contributed by atoms with Gasteiger partial charge in [-0.25, -0.2) is 0 Å². The van der Waals surface area contributed by atoms with Crippen LogP contribution in [0.4, 0.5) is 0 Å². The summed E-state index contributed by atoms with van der Waals surface area (Å²) >= 11 is 1.40. The number of carbonyl (C=O) groups is 2. The van der Waals surface area contributed by atoms with Gasteiger partial charge in [0.05, 0.1) is 11.4 Å². The van der Waals surface area contributed by atoms with Crippen molar-refractivity contribution < 1.29 is 9.59 Å². The fourth-order valence-electron chi connectivity index (χ4n) is 2.52. The highest BCUT2D eigenvalue weighted by Gasteiger charge is 2.21. The summed E-state index contributed by atoms with van der Waals surface area (Å²) in [6, 6.07) is 3.64. The molecule has 0 bridgehead atoms. The molecule has 0 saturated carbocycles. The smallest absolute Gasteiger partial charge is 0.264 e.